The minimum absolute atomic E-state index is 0.441. The van der Waals surface area contributed by atoms with Gasteiger partial charge < -0.3 is 19.7 Å². The Morgan fingerprint density at radius 2 is 1.95 bits per heavy atom. The van der Waals surface area contributed by atoms with E-state index in [1.54, 1.807) is 0 Å². The first kappa shape index (κ1) is 15.4. The lowest BCUT2D eigenvalue weighted by Crippen LogP contribution is -2.44. The van der Waals surface area contributed by atoms with E-state index in [2.05, 4.69) is 9.88 Å². The second-order valence-electron chi connectivity index (χ2n) is 5.48. The van der Waals surface area contributed by atoms with Crippen molar-refractivity contribution in [2.24, 2.45) is 0 Å². The van der Waals surface area contributed by atoms with E-state index in [0.29, 0.717) is 19.8 Å². The highest BCUT2D eigenvalue weighted by Crippen LogP contribution is 2.28. The summed E-state index contributed by atoms with van der Waals surface area (Å²) in [5.74, 6) is 0. The molecule has 3 rings (SSSR count). The molecule has 0 bridgehead atoms. The first-order valence-electron chi connectivity index (χ1n) is 7.19. The van der Waals surface area contributed by atoms with Crippen LogP contribution in [-0.2, 0) is 9.47 Å². The van der Waals surface area contributed by atoms with Crippen LogP contribution in [0.4, 0.5) is 0 Å². The maximum absolute atomic E-state index is 11.8. The van der Waals surface area contributed by atoms with E-state index in [-0.39, 0.29) is 0 Å². The Balaban J connectivity index is 1.74. The van der Waals surface area contributed by atoms with E-state index in [1.807, 2.05) is 0 Å². The summed E-state index contributed by atoms with van der Waals surface area (Å²) >= 11 is 0. The Kier molecular flexibility index (Phi) is 4.41. The number of aliphatic hydroxyl groups is 2. The second kappa shape index (κ2) is 6.31. The van der Waals surface area contributed by atoms with Gasteiger partial charge in [0.15, 0.2) is 6.23 Å². The molecule has 3 N–H and O–H groups in total. The average molecular weight is 313 g/mol. The topological polar surface area (TPSA) is 117 Å². The van der Waals surface area contributed by atoms with Crippen molar-refractivity contribution < 1.29 is 19.7 Å². The Labute approximate surface area is 125 Å². The molecular weight excluding hydrogens is 294 g/mol. The van der Waals surface area contributed by atoms with Crippen LogP contribution in [-0.4, -0.2) is 75.8 Å². The molecule has 122 valence electrons. The van der Waals surface area contributed by atoms with Crippen LogP contribution in [0.1, 0.15) is 6.23 Å². The summed E-state index contributed by atoms with van der Waals surface area (Å²) in [6.07, 6.45) is -2.73. The highest BCUT2D eigenvalue weighted by atomic mass is 16.6. The fourth-order valence-corrected chi connectivity index (χ4v) is 2.78. The van der Waals surface area contributed by atoms with Gasteiger partial charge in [-0.25, -0.2) is 4.79 Å². The lowest BCUT2D eigenvalue weighted by molar-refractivity contribution is -0.0582. The van der Waals surface area contributed by atoms with E-state index in [1.165, 1.54) is 12.3 Å². The van der Waals surface area contributed by atoms with E-state index >= 15 is 0 Å². The highest BCUT2D eigenvalue weighted by Gasteiger charge is 2.44. The van der Waals surface area contributed by atoms with Crippen LogP contribution < -0.4 is 11.2 Å². The van der Waals surface area contributed by atoms with E-state index in [4.69, 9.17) is 9.47 Å². The van der Waals surface area contributed by atoms with Crippen LogP contribution >= 0.6 is 0 Å². The molecule has 2 fully saturated rings. The minimum atomic E-state index is -1.24. The molecule has 9 nitrogen and oxygen atoms in total. The molecule has 0 aliphatic carbocycles. The van der Waals surface area contributed by atoms with Gasteiger partial charge in [-0.2, -0.15) is 0 Å². The van der Waals surface area contributed by atoms with Crippen molar-refractivity contribution in [1.82, 2.24) is 14.5 Å². The molecule has 9 heteroatoms. The highest BCUT2D eigenvalue weighted by molar-refractivity contribution is 4.94. The molecule has 1 aromatic heterocycles. The van der Waals surface area contributed by atoms with Crippen molar-refractivity contribution >= 4 is 0 Å². The summed E-state index contributed by atoms with van der Waals surface area (Å²) in [6, 6.07) is 1.17. The van der Waals surface area contributed by atoms with Crippen molar-refractivity contribution in [3.63, 3.8) is 0 Å². The molecule has 2 aliphatic rings. The van der Waals surface area contributed by atoms with E-state index in [9.17, 15) is 19.8 Å². The van der Waals surface area contributed by atoms with Gasteiger partial charge in [0, 0.05) is 31.9 Å². The average Bonchev–Trinajstić information content (AvgIpc) is 2.77. The third-order valence-corrected chi connectivity index (χ3v) is 4.00. The number of aromatic amines is 1. The summed E-state index contributed by atoms with van der Waals surface area (Å²) < 4.78 is 12.0. The summed E-state index contributed by atoms with van der Waals surface area (Å²) in [5, 5.41) is 20.3. The fourth-order valence-electron chi connectivity index (χ4n) is 2.78. The minimum Gasteiger partial charge on any atom is -0.387 e. The maximum Gasteiger partial charge on any atom is 0.330 e. The number of morpholine rings is 1. The first-order valence-corrected chi connectivity index (χ1v) is 7.19. The van der Waals surface area contributed by atoms with Crippen LogP contribution in [0.25, 0.3) is 0 Å². The summed E-state index contributed by atoms with van der Waals surface area (Å²) in [4.78, 5) is 27.0. The number of aromatic nitrogens is 2. The number of H-pyrrole nitrogens is 1. The van der Waals surface area contributed by atoms with Gasteiger partial charge in [0.05, 0.1) is 13.2 Å². The molecule has 0 saturated carbocycles. The zero-order valence-corrected chi connectivity index (χ0v) is 11.9. The molecule has 22 heavy (non-hydrogen) atoms. The molecular formula is C13H19N3O6. The van der Waals surface area contributed by atoms with Crippen LogP contribution in [0.2, 0.25) is 0 Å². The second-order valence-corrected chi connectivity index (χ2v) is 5.48. The molecule has 0 unspecified atom stereocenters. The maximum atomic E-state index is 11.8. The fraction of sp³-hybridized carbons (Fsp3) is 0.692. The SMILES string of the molecule is O=c1ccn([C@@H]2O[C@@H](CN3CCOCC3)[C@H](O)[C@H]2O)c(=O)[nH]1. The van der Waals surface area contributed by atoms with Crippen LogP contribution in [0.5, 0.6) is 0 Å². The Morgan fingerprint density at radius 1 is 1.23 bits per heavy atom. The lowest BCUT2D eigenvalue weighted by Gasteiger charge is -2.29. The molecule has 1 aromatic rings. The number of rotatable bonds is 3. The monoisotopic (exact) mass is 313 g/mol. The number of ether oxygens (including phenoxy) is 2. The molecule has 0 aromatic carbocycles. The number of nitrogens with zero attached hydrogens (tertiary/aromatic N) is 2. The van der Waals surface area contributed by atoms with Crippen molar-refractivity contribution in [3.05, 3.63) is 33.1 Å². The number of hydrogen-bond donors (Lipinski definition) is 3. The molecule has 4 atom stereocenters. The molecule has 0 radical (unpaired) electrons. The first-order chi connectivity index (χ1) is 10.6. The number of aliphatic hydroxyl groups excluding tert-OH is 2. The summed E-state index contributed by atoms with van der Waals surface area (Å²) in [5.41, 5.74) is -1.21. The molecule has 0 amide bonds. The zero-order valence-electron chi connectivity index (χ0n) is 11.9. The van der Waals surface area contributed by atoms with Crippen LogP contribution in [0.15, 0.2) is 21.9 Å². The van der Waals surface area contributed by atoms with Crippen molar-refractivity contribution in [2.45, 2.75) is 24.5 Å². The van der Waals surface area contributed by atoms with Crippen LogP contribution in [0, 0.1) is 0 Å². The third-order valence-electron chi connectivity index (χ3n) is 4.00. The predicted molar refractivity (Wildman–Crippen MR) is 74.5 cm³/mol. The van der Waals surface area contributed by atoms with Gasteiger partial charge in [-0.1, -0.05) is 0 Å². The van der Waals surface area contributed by atoms with Crippen molar-refractivity contribution in [3.8, 4) is 0 Å². The largest absolute Gasteiger partial charge is 0.387 e. The molecule has 0 spiro atoms. The predicted octanol–water partition coefficient (Wildman–Crippen LogP) is -2.51. The third kappa shape index (κ3) is 2.99. The van der Waals surface area contributed by atoms with Gasteiger partial charge in [0.1, 0.15) is 18.3 Å². The molecule has 2 aliphatic heterocycles. The smallest absolute Gasteiger partial charge is 0.330 e. The number of nitrogens with one attached hydrogen (secondary N) is 1. The Morgan fingerprint density at radius 3 is 2.64 bits per heavy atom. The lowest BCUT2D eigenvalue weighted by atomic mass is 10.1. The van der Waals surface area contributed by atoms with Crippen LogP contribution in [0.3, 0.4) is 0 Å². The van der Waals surface area contributed by atoms with Gasteiger partial charge >= 0.3 is 5.69 Å². The van der Waals surface area contributed by atoms with Crippen molar-refractivity contribution in [1.29, 1.82) is 0 Å². The quantitative estimate of drug-likeness (QED) is 0.564. The summed E-state index contributed by atoms with van der Waals surface area (Å²) in [7, 11) is 0. The van der Waals surface area contributed by atoms with Gasteiger partial charge in [-0.05, 0) is 0 Å². The van der Waals surface area contributed by atoms with Gasteiger partial charge in [-0.15, -0.1) is 0 Å². The normalized spacial score (nSPS) is 33.2. The zero-order chi connectivity index (χ0) is 15.7. The Hall–Kier alpha value is -1.52. The van der Waals surface area contributed by atoms with Gasteiger partial charge in [0.2, 0.25) is 0 Å². The van der Waals surface area contributed by atoms with Crippen molar-refractivity contribution in [2.75, 3.05) is 32.8 Å². The Bertz CT molecular complexity index is 623. The molecule has 3 heterocycles. The number of hydrogen-bond acceptors (Lipinski definition) is 7. The van der Waals surface area contributed by atoms with E-state index in [0.717, 1.165) is 17.7 Å². The van der Waals surface area contributed by atoms with Gasteiger partial charge in [0.25, 0.3) is 5.56 Å². The molecule has 2 saturated heterocycles. The standard InChI is InChI=1S/C13H19N3O6/c17-9-1-2-16(13(20)14-9)12-11(19)10(18)8(22-12)7-15-3-5-21-6-4-15/h1-2,8,10-12,18-19H,3-7H2,(H,14,17,20)/t8-,10-,11+,12+/m0/s1. The van der Waals surface area contributed by atoms with E-state index < -0.39 is 35.8 Å². The van der Waals surface area contributed by atoms with Gasteiger partial charge in [-0.3, -0.25) is 19.2 Å². The summed E-state index contributed by atoms with van der Waals surface area (Å²) in [6.45, 7) is 3.14.